The van der Waals surface area contributed by atoms with Crippen LogP contribution in [0.25, 0.3) is 0 Å². The van der Waals surface area contributed by atoms with Gasteiger partial charge in [0.25, 0.3) is 0 Å². The molecule has 1 unspecified atom stereocenters. The lowest BCUT2D eigenvalue weighted by molar-refractivity contribution is -0.140. The molecule has 0 aromatic heterocycles. The summed E-state index contributed by atoms with van der Waals surface area (Å²) in [4.78, 5) is 52.9. The first-order valence-electron chi connectivity index (χ1n) is 12.2. The number of anilines is 2. The number of nitrogens with one attached hydrogen (secondary N) is 1. The number of fused-ring (bicyclic) bond motifs is 1. The number of carboxylic acid groups (broad SMARTS) is 1. The molecule has 3 aromatic carbocycles. The van der Waals surface area contributed by atoms with Gasteiger partial charge in [0.2, 0.25) is 23.4 Å². The first-order valence-corrected chi connectivity index (χ1v) is 12.2. The summed E-state index contributed by atoms with van der Waals surface area (Å²) >= 11 is 0. The van der Waals surface area contributed by atoms with E-state index in [2.05, 4.69) is 10.1 Å². The summed E-state index contributed by atoms with van der Waals surface area (Å²) in [7, 11) is 0. The maximum absolute atomic E-state index is 13.9. The molecule has 1 aliphatic rings. The molecule has 214 valence electrons. The van der Waals surface area contributed by atoms with Gasteiger partial charge in [0.1, 0.15) is 19.2 Å². The largest absolute Gasteiger partial charge is 0.481 e. The lowest BCUT2D eigenvalue weighted by Crippen LogP contribution is -2.52. The second kappa shape index (κ2) is 12.5. The summed E-state index contributed by atoms with van der Waals surface area (Å²) in [6.45, 7) is -1.42. The van der Waals surface area contributed by atoms with Crippen LogP contribution in [0.1, 0.15) is 12.0 Å². The third kappa shape index (κ3) is 6.80. The number of Topliss-reactive ketones (excluding diaryl/α,β-unsaturated/α-hetero) is 1. The van der Waals surface area contributed by atoms with E-state index in [4.69, 9.17) is 0 Å². The zero-order valence-electron chi connectivity index (χ0n) is 21.3. The van der Waals surface area contributed by atoms with Gasteiger partial charge in [-0.3, -0.25) is 24.1 Å². The van der Waals surface area contributed by atoms with Crippen molar-refractivity contribution in [3.05, 3.63) is 89.5 Å². The Hall–Kier alpha value is -4.94. The molecule has 2 N–H and O–H groups in total. The summed E-state index contributed by atoms with van der Waals surface area (Å²) in [5, 5.41) is 11.4. The molecule has 41 heavy (non-hydrogen) atoms. The monoisotopic (exact) mass is 573 g/mol. The van der Waals surface area contributed by atoms with Crippen molar-refractivity contribution in [2.24, 2.45) is 0 Å². The van der Waals surface area contributed by atoms with Gasteiger partial charge in [0.05, 0.1) is 24.3 Å². The fraction of sp³-hybridized carbons (Fsp3) is 0.214. The average molecular weight is 573 g/mol. The second-order valence-corrected chi connectivity index (χ2v) is 9.08. The number of benzene rings is 3. The number of ketones is 1. The zero-order chi connectivity index (χ0) is 29.7. The van der Waals surface area contributed by atoms with E-state index >= 15 is 0 Å². The Kier molecular flexibility index (Phi) is 8.85. The molecule has 1 aliphatic heterocycles. The van der Waals surface area contributed by atoms with Gasteiger partial charge < -0.3 is 20.1 Å². The Morgan fingerprint density at radius 3 is 2.17 bits per heavy atom. The predicted molar refractivity (Wildman–Crippen MR) is 137 cm³/mol. The van der Waals surface area contributed by atoms with E-state index in [1.54, 1.807) is 24.3 Å². The number of hydrogen-bond acceptors (Lipinski definition) is 6. The van der Waals surface area contributed by atoms with Crippen LogP contribution in [-0.2, 0) is 25.7 Å². The number of carbonyl (C=O) groups is 4. The predicted octanol–water partition coefficient (Wildman–Crippen LogP) is 3.20. The van der Waals surface area contributed by atoms with E-state index in [9.17, 15) is 41.8 Å². The van der Waals surface area contributed by atoms with Crippen LogP contribution in [0.2, 0.25) is 0 Å². The molecule has 0 radical (unpaired) electrons. The molecule has 1 atom stereocenters. The minimum atomic E-state index is -1.89. The third-order valence-corrected chi connectivity index (χ3v) is 6.19. The molecular formula is C28H23F4N3O6. The summed E-state index contributed by atoms with van der Waals surface area (Å²) in [5.41, 5.74) is 2.04. The van der Waals surface area contributed by atoms with Crippen LogP contribution in [-0.4, -0.2) is 54.4 Å². The van der Waals surface area contributed by atoms with Crippen LogP contribution in [0.3, 0.4) is 0 Å². The third-order valence-electron chi connectivity index (χ3n) is 6.19. The highest BCUT2D eigenvalue weighted by Crippen LogP contribution is 2.34. The summed E-state index contributed by atoms with van der Waals surface area (Å²) in [5.74, 6) is -12.8. The van der Waals surface area contributed by atoms with Crippen LogP contribution < -0.4 is 19.9 Å². The smallest absolute Gasteiger partial charge is 0.305 e. The number of rotatable bonds is 11. The van der Waals surface area contributed by atoms with Crippen molar-refractivity contribution in [2.45, 2.75) is 19.0 Å². The molecular weight excluding hydrogens is 550 g/mol. The van der Waals surface area contributed by atoms with Gasteiger partial charge >= 0.3 is 5.97 Å². The molecule has 0 spiro atoms. The first kappa shape index (κ1) is 29.1. The van der Waals surface area contributed by atoms with Gasteiger partial charge in [-0.25, -0.2) is 8.78 Å². The number of ether oxygens (including phenoxy) is 1. The minimum Gasteiger partial charge on any atom is -0.481 e. The number of halogens is 4. The molecule has 0 bridgehead atoms. The summed E-state index contributed by atoms with van der Waals surface area (Å²) in [6, 6.07) is 14.5. The Morgan fingerprint density at radius 2 is 1.54 bits per heavy atom. The minimum absolute atomic E-state index is 0.0479. The van der Waals surface area contributed by atoms with Gasteiger partial charge in [0.15, 0.2) is 23.2 Å². The van der Waals surface area contributed by atoms with E-state index in [0.717, 1.165) is 5.56 Å². The van der Waals surface area contributed by atoms with E-state index in [1.165, 1.54) is 4.90 Å². The van der Waals surface area contributed by atoms with E-state index < -0.39 is 78.2 Å². The summed E-state index contributed by atoms with van der Waals surface area (Å²) < 4.78 is 59.2. The molecule has 2 amide bonds. The topological polar surface area (TPSA) is 116 Å². The Balaban J connectivity index is 1.46. The molecule has 1 heterocycles. The maximum Gasteiger partial charge on any atom is 0.305 e. The number of para-hydroxylation sites is 2. The SMILES string of the molecule is O=C(O)CC(NC(=O)CN1C(=O)CN(Cc2ccccc2)c2ccccc21)C(=O)COc1c(F)c(F)cc(F)c1F. The van der Waals surface area contributed by atoms with Gasteiger partial charge in [-0.1, -0.05) is 42.5 Å². The number of hydrogen-bond donors (Lipinski definition) is 2. The lowest BCUT2D eigenvalue weighted by Gasteiger charge is -2.37. The lowest BCUT2D eigenvalue weighted by atomic mass is 10.1. The number of carboxylic acids is 1. The average Bonchev–Trinajstić information content (AvgIpc) is 2.94. The van der Waals surface area contributed by atoms with Crippen molar-refractivity contribution >= 4 is 34.9 Å². The molecule has 9 nitrogen and oxygen atoms in total. The standard InChI is InChI=1S/C28H23F4N3O6/c29-17-10-18(30)27(32)28(26(17)31)41-15-22(36)19(11-25(39)40)33-23(37)13-35-21-9-5-4-8-20(21)34(14-24(35)38)12-16-6-2-1-3-7-16/h1-10,19H,11-15H2,(H,33,37)(H,39,40). The Labute approximate surface area is 230 Å². The van der Waals surface area contributed by atoms with Crippen molar-refractivity contribution in [2.75, 3.05) is 29.5 Å². The Morgan fingerprint density at radius 1 is 0.927 bits per heavy atom. The number of aliphatic carboxylic acids is 1. The van der Waals surface area contributed by atoms with Crippen molar-refractivity contribution in [3.63, 3.8) is 0 Å². The quantitative estimate of drug-likeness (QED) is 0.267. The van der Waals surface area contributed by atoms with Gasteiger partial charge in [0, 0.05) is 12.6 Å². The van der Waals surface area contributed by atoms with Crippen LogP contribution in [0, 0.1) is 23.3 Å². The van der Waals surface area contributed by atoms with Gasteiger partial charge in [-0.15, -0.1) is 0 Å². The number of nitrogens with zero attached hydrogens (tertiary/aromatic N) is 2. The fourth-order valence-electron chi connectivity index (χ4n) is 4.27. The van der Waals surface area contributed by atoms with E-state index in [-0.39, 0.29) is 12.6 Å². The molecule has 0 saturated heterocycles. The highest BCUT2D eigenvalue weighted by atomic mass is 19.2. The van der Waals surface area contributed by atoms with Gasteiger partial charge in [-0.2, -0.15) is 8.78 Å². The van der Waals surface area contributed by atoms with Crippen LogP contribution in [0.15, 0.2) is 60.7 Å². The van der Waals surface area contributed by atoms with Crippen molar-refractivity contribution in [3.8, 4) is 5.75 Å². The van der Waals surface area contributed by atoms with Crippen molar-refractivity contribution in [1.82, 2.24) is 5.32 Å². The Bertz CT molecular complexity index is 1460. The summed E-state index contributed by atoms with van der Waals surface area (Å²) in [6.07, 6.45) is -0.939. The van der Waals surface area contributed by atoms with Crippen LogP contribution in [0.5, 0.6) is 5.75 Å². The number of amides is 2. The molecule has 3 aromatic rings. The van der Waals surface area contributed by atoms with Gasteiger partial charge in [-0.05, 0) is 17.7 Å². The molecule has 0 saturated carbocycles. The maximum atomic E-state index is 13.9. The van der Waals surface area contributed by atoms with Crippen LogP contribution in [0.4, 0.5) is 28.9 Å². The molecule has 4 rings (SSSR count). The van der Waals surface area contributed by atoms with Crippen molar-refractivity contribution in [1.29, 1.82) is 0 Å². The fourth-order valence-corrected chi connectivity index (χ4v) is 4.27. The van der Waals surface area contributed by atoms with E-state index in [1.807, 2.05) is 35.2 Å². The zero-order valence-corrected chi connectivity index (χ0v) is 21.3. The first-order chi connectivity index (χ1) is 19.5. The molecule has 13 heteroatoms. The van der Waals surface area contributed by atoms with E-state index in [0.29, 0.717) is 17.9 Å². The van der Waals surface area contributed by atoms with Crippen LogP contribution >= 0.6 is 0 Å². The molecule has 0 fully saturated rings. The second-order valence-electron chi connectivity index (χ2n) is 9.08. The normalized spacial score (nSPS) is 13.4. The number of carbonyl (C=O) groups excluding carboxylic acids is 3. The van der Waals surface area contributed by atoms with Crippen molar-refractivity contribution < 1.29 is 46.6 Å². The molecule has 0 aliphatic carbocycles. The highest BCUT2D eigenvalue weighted by molar-refractivity contribution is 6.06. The highest BCUT2D eigenvalue weighted by Gasteiger charge is 2.32.